The lowest BCUT2D eigenvalue weighted by molar-refractivity contribution is 0.582. The quantitative estimate of drug-likeness (QED) is 0.639. The van der Waals surface area contributed by atoms with Gasteiger partial charge in [0, 0.05) is 12.4 Å². The maximum Gasteiger partial charge on any atom is 0.229 e. The average Bonchev–Trinajstić information content (AvgIpc) is 2.41. The van der Waals surface area contributed by atoms with Crippen LogP contribution in [0.4, 0.5) is 5.69 Å². The minimum atomic E-state index is -1.15. The molecule has 0 unspecified atom stereocenters. The van der Waals surface area contributed by atoms with Crippen molar-refractivity contribution in [1.82, 2.24) is 9.97 Å². The van der Waals surface area contributed by atoms with E-state index in [1.54, 1.807) is 12.4 Å². The van der Waals surface area contributed by atoms with Crippen molar-refractivity contribution in [2.24, 2.45) is 4.99 Å². The van der Waals surface area contributed by atoms with Gasteiger partial charge in [-0.15, -0.1) is 0 Å². The highest BCUT2D eigenvalue weighted by atomic mass is 28.3. The standard InChI is InChI=1S/C15H19N3OSi/c1-11-9-16-15(17-10-11)12(2)18-13-7-5-6-8-14(13)19-20(3)4/h5-10,20H,1-4H3. The van der Waals surface area contributed by atoms with Gasteiger partial charge in [0.25, 0.3) is 0 Å². The van der Waals surface area contributed by atoms with Crippen molar-refractivity contribution in [2.75, 3.05) is 0 Å². The van der Waals surface area contributed by atoms with Crippen LogP contribution in [0.1, 0.15) is 18.3 Å². The summed E-state index contributed by atoms with van der Waals surface area (Å²) in [4.78, 5) is 13.2. The summed E-state index contributed by atoms with van der Waals surface area (Å²) in [6, 6.07) is 7.82. The van der Waals surface area contributed by atoms with Gasteiger partial charge in [0.2, 0.25) is 9.04 Å². The van der Waals surface area contributed by atoms with Gasteiger partial charge in [0.1, 0.15) is 11.4 Å². The van der Waals surface area contributed by atoms with E-state index in [2.05, 4.69) is 28.1 Å². The van der Waals surface area contributed by atoms with Crippen molar-refractivity contribution in [1.29, 1.82) is 0 Å². The third kappa shape index (κ3) is 3.74. The van der Waals surface area contributed by atoms with Crippen molar-refractivity contribution < 1.29 is 4.43 Å². The summed E-state index contributed by atoms with van der Waals surface area (Å²) >= 11 is 0. The summed E-state index contributed by atoms with van der Waals surface area (Å²) in [5.74, 6) is 1.48. The predicted octanol–water partition coefficient (Wildman–Crippen LogP) is 3.29. The third-order valence-corrected chi connectivity index (χ3v) is 3.35. The Morgan fingerprint density at radius 1 is 1.15 bits per heavy atom. The van der Waals surface area contributed by atoms with Crippen LogP contribution in [0.25, 0.3) is 0 Å². The van der Waals surface area contributed by atoms with Crippen molar-refractivity contribution in [3.63, 3.8) is 0 Å². The molecule has 1 aromatic heterocycles. The first-order valence-corrected chi connectivity index (χ1v) is 9.44. The summed E-state index contributed by atoms with van der Waals surface area (Å²) in [5, 5.41) is 0. The Labute approximate surface area is 121 Å². The lowest BCUT2D eigenvalue weighted by atomic mass is 10.3. The van der Waals surface area contributed by atoms with Gasteiger partial charge in [-0.2, -0.15) is 0 Å². The zero-order valence-electron chi connectivity index (χ0n) is 12.3. The van der Waals surface area contributed by atoms with Crippen LogP contribution in [0.15, 0.2) is 41.7 Å². The molecule has 5 heteroatoms. The summed E-state index contributed by atoms with van der Waals surface area (Å²) in [7, 11) is -1.15. The predicted molar refractivity (Wildman–Crippen MR) is 84.6 cm³/mol. The minimum Gasteiger partial charge on any atom is -0.546 e. The molecule has 0 N–H and O–H groups in total. The van der Waals surface area contributed by atoms with E-state index >= 15 is 0 Å². The van der Waals surface area contributed by atoms with Gasteiger partial charge in [0.05, 0.1) is 5.71 Å². The summed E-state index contributed by atoms with van der Waals surface area (Å²) in [6.07, 6.45) is 3.59. The Morgan fingerprint density at radius 2 is 1.80 bits per heavy atom. The maximum absolute atomic E-state index is 5.89. The highest BCUT2D eigenvalue weighted by Gasteiger charge is 2.07. The Kier molecular flexibility index (Phi) is 4.63. The number of aromatic nitrogens is 2. The van der Waals surface area contributed by atoms with Crippen molar-refractivity contribution in [3.05, 3.63) is 48.0 Å². The number of rotatable bonds is 4. The Bertz CT molecular complexity index is 609. The van der Waals surface area contributed by atoms with Crippen molar-refractivity contribution in [3.8, 4) is 5.75 Å². The van der Waals surface area contributed by atoms with Crippen molar-refractivity contribution in [2.45, 2.75) is 26.9 Å². The average molecular weight is 285 g/mol. The van der Waals surface area contributed by atoms with Crippen LogP contribution >= 0.6 is 0 Å². The SMILES string of the molecule is CC(=Nc1ccccc1O[SiH](C)C)c1ncc(C)cn1. The molecule has 104 valence electrons. The van der Waals surface area contributed by atoms with Crippen LogP contribution in [-0.2, 0) is 0 Å². The van der Waals surface area contributed by atoms with Gasteiger partial charge < -0.3 is 4.43 Å². The molecule has 0 bridgehead atoms. The van der Waals surface area contributed by atoms with E-state index in [9.17, 15) is 0 Å². The minimum absolute atomic E-state index is 0.646. The molecular formula is C15H19N3OSi. The molecule has 0 fully saturated rings. The number of aliphatic imine (C=N–C) groups is 1. The topological polar surface area (TPSA) is 47.4 Å². The van der Waals surface area contributed by atoms with Gasteiger partial charge in [-0.1, -0.05) is 12.1 Å². The molecule has 0 radical (unpaired) electrons. The van der Waals surface area contributed by atoms with Gasteiger partial charge >= 0.3 is 0 Å². The van der Waals surface area contributed by atoms with E-state index in [1.165, 1.54) is 0 Å². The monoisotopic (exact) mass is 285 g/mol. The molecule has 0 aliphatic heterocycles. The Morgan fingerprint density at radius 3 is 2.45 bits per heavy atom. The number of hydrogen-bond acceptors (Lipinski definition) is 4. The van der Waals surface area contributed by atoms with Crippen molar-refractivity contribution >= 4 is 20.4 Å². The first-order chi connectivity index (χ1) is 9.56. The molecule has 0 aliphatic carbocycles. The Hall–Kier alpha value is -2.01. The lowest BCUT2D eigenvalue weighted by Gasteiger charge is -2.11. The van der Waals surface area contributed by atoms with E-state index in [0.29, 0.717) is 5.82 Å². The second kappa shape index (κ2) is 6.43. The Balaban J connectivity index is 2.32. The molecule has 0 saturated carbocycles. The normalized spacial score (nSPS) is 11.8. The van der Waals surface area contributed by atoms with Crippen LogP contribution in [0.3, 0.4) is 0 Å². The van der Waals surface area contributed by atoms with Crippen LogP contribution in [-0.4, -0.2) is 24.7 Å². The van der Waals surface area contributed by atoms with Gasteiger partial charge in [-0.05, 0) is 44.6 Å². The lowest BCUT2D eigenvalue weighted by Crippen LogP contribution is -2.11. The number of benzene rings is 1. The second-order valence-electron chi connectivity index (χ2n) is 4.92. The number of para-hydroxylation sites is 2. The molecule has 0 spiro atoms. The van der Waals surface area contributed by atoms with Crippen LogP contribution in [0, 0.1) is 6.92 Å². The largest absolute Gasteiger partial charge is 0.546 e. The highest BCUT2D eigenvalue weighted by Crippen LogP contribution is 2.27. The molecule has 0 atom stereocenters. The zero-order valence-corrected chi connectivity index (χ0v) is 13.4. The first kappa shape index (κ1) is 14.4. The number of hydrogen-bond donors (Lipinski definition) is 0. The fourth-order valence-corrected chi connectivity index (χ4v) is 2.42. The summed E-state index contributed by atoms with van der Waals surface area (Å²) in [5.41, 5.74) is 2.65. The molecule has 0 saturated heterocycles. The smallest absolute Gasteiger partial charge is 0.229 e. The molecular weight excluding hydrogens is 266 g/mol. The van der Waals surface area contributed by atoms with Crippen LogP contribution in [0.5, 0.6) is 5.75 Å². The maximum atomic E-state index is 5.89. The fraction of sp³-hybridized carbons (Fsp3) is 0.267. The molecule has 1 heterocycles. The molecule has 0 aliphatic rings. The van der Waals surface area contributed by atoms with Gasteiger partial charge in [0.15, 0.2) is 5.82 Å². The third-order valence-electron chi connectivity index (χ3n) is 2.62. The molecule has 2 rings (SSSR count). The van der Waals surface area contributed by atoms with E-state index in [1.807, 2.05) is 38.1 Å². The zero-order chi connectivity index (χ0) is 14.5. The second-order valence-corrected chi connectivity index (χ2v) is 7.25. The van der Waals surface area contributed by atoms with E-state index in [0.717, 1.165) is 22.7 Å². The van der Waals surface area contributed by atoms with E-state index < -0.39 is 9.04 Å². The molecule has 0 amide bonds. The van der Waals surface area contributed by atoms with E-state index in [-0.39, 0.29) is 0 Å². The van der Waals surface area contributed by atoms with Gasteiger partial charge in [-0.25, -0.2) is 15.0 Å². The number of aryl methyl sites for hydroxylation is 1. The first-order valence-electron chi connectivity index (χ1n) is 6.66. The van der Waals surface area contributed by atoms with Gasteiger partial charge in [-0.3, -0.25) is 0 Å². The van der Waals surface area contributed by atoms with Crippen LogP contribution in [0.2, 0.25) is 13.1 Å². The molecule has 2 aromatic rings. The van der Waals surface area contributed by atoms with E-state index in [4.69, 9.17) is 4.43 Å². The molecule has 20 heavy (non-hydrogen) atoms. The molecule has 1 aromatic carbocycles. The highest BCUT2D eigenvalue weighted by molar-refractivity contribution is 6.49. The summed E-state index contributed by atoms with van der Waals surface area (Å²) < 4.78 is 5.89. The molecule has 4 nitrogen and oxygen atoms in total. The van der Waals surface area contributed by atoms with Crippen LogP contribution < -0.4 is 4.43 Å². The number of nitrogens with zero attached hydrogens (tertiary/aromatic N) is 3. The fourth-order valence-electron chi connectivity index (χ4n) is 1.71. The summed E-state index contributed by atoms with van der Waals surface area (Å²) in [6.45, 7) is 8.15.